The van der Waals surface area contributed by atoms with Crippen molar-refractivity contribution in [3.05, 3.63) is 57.5 Å². The number of guanidine groups is 1. The number of nitrogens with one attached hydrogen (secondary N) is 2. The fourth-order valence-electron chi connectivity index (χ4n) is 1.85. The van der Waals surface area contributed by atoms with Crippen LogP contribution in [0.25, 0.3) is 0 Å². The second-order valence-corrected chi connectivity index (χ2v) is 5.70. The van der Waals surface area contributed by atoms with Crippen LogP contribution in [0.4, 0.5) is 4.39 Å². The lowest BCUT2D eigenvalue weighted by Gasteiger charge is -2.11. The molecule has 1 heterocycles. The topological polar surface area (TPSA) is 36.4 Å². The summed E-state index contributed by atoms with van der Waals surface area (Å²) in [6.45, 7) is 6.23. The Morgan fingerprint density at radius 2 is 1.95 bits per heavy atom. The standard InChI is InChI=1S/C16H20FN3S/c1-3-18-16(20-11-15-12(2)8-9-21-15)19-10-13-4-6-14(17)7-5-13/h4-9H,3,10-11H2,1-2H3,(H2,18,19,20). The molecule has 0 aliphatic carbocycles. The Kier molecular flexibility index (Phi) is 5.75. The first kappa shape index (κ1) is 15.5. The van der Waals surface area contributed by atoms with Crippen molar-refractivity contribution >= 4 is 17.3 Å². The summed E-state index contributed by atoms with van der Waals surface area (Å²) >= 11 is 1.74. The van der Waals surface area contributed by atoms with Crippen LogP contribution in [-0.2, 0) is 13.1 Å². The molecule has 0 saturated heterocycles. The van der Waals surface area contributed by atoms with Gasteiger partial charge in [-0.25, -0.2) is 9.38 Å². The molecule has 0 amide bonds. The highest BCUT2D eigenvalue weighted by Crippen LogP contribution is 2.14. The fraction of sp³-hybridized carbons (Fsp3) is 0.312. The molecule has 1 aromatic carbocycles. The molecule has 112 valence electrons. The summed E-state index contributed by atoms with van der Waals surface area (Å²) in [5.74, 6) is 0.551. The SMILES string of the molecule is CCNC(=NCc1ccc(F)cc1)NCc1sccc1C. The maximum atomic E-state index is 12.9. The Bertz CT molecular complexity index is 590. The van der Waals surface area contributed by atoms with E-state index >= 15 is 0 Å². The number of nitrogens with zero attached hydrogens (tertiary/aromatic N) is 1. The van der Waals surface area contributed by atoms with Crippen molar-refractivity contribution in [3.8, 4) is 0 Å². The summed E-state index contributed by atoms with van der Waals surface area (Å²) in [6, 6.07) is 8.54. The molecule has 21 heavy (non-hydrogen) atoms. The average Bonchev–Trinajstić information content (AvgIpc) is 2.89. The molecule has 0 radical (unpaired) electrons. The predicted molar refractivity (Wildman–Crippen MR) is 87.1 cm³/mol. The highest BCUT2D eigenvalue weighted by Gasteiger charge is 2.02. The Balaban J connectivity index is 1.95. The van der Waals surface area contributed by atoms with Crippen LogP contribution in [0.2, 0.25) is 0 Å². The molecule has 0 aliphatic heterocycles. The van der Waals surface area contributed by atoms with Crippen LogP contribution in [0.1, 0.15) is 22.9 Å². The average molecular weight is 305 g/mol. The summed E-state index contributed by atoms with van der Waals surface area (Å²) in [5, 5.41) is 8.63. The van der Waals surface area contributed by atoms with Gasteiger partial charge in [0.25, 0.3) is 0 Å². The first-order valence-corrected chi connectivity index (χ1v) is 7.86. The molecule has 2 rings (SSSR count). The van der Waals surface area contributed by atoms with E-state index in [1.807, 2.05) is 6.92 Å². The Morgan fingerprint density at radius 1 is 1.19 bits per heavy atom. The zero-order valence-electron chi connectivity index (χ0n) is 12.3. The van der Waals surface area contributed by atoms with Gasteiger partial charge in [-0.1, -0.05) is 12.1 Å². The van der Waals surface area contributed by atoms with Gasteiger partial charge in [-0.2, -0.15) is 0 Å². The molecule has 2 N–H and O–H groups in total. The molecule has 0 unspecified atom stereocenters. The van der Waals surface area contributed by atoms with Gasteiger partial charge in [0.2, 0.25) is 0 Å². The van der Waals surface area contributed by atoms with Crippen LogP contribution in [0.15, 0.2) is 40.7 Å². The van der Waals surface area contributed by atoms with Crippen molar-refractivity contribution in [2.24, 2.45) is 4.99 Å². The van der Waals surface area contributed by atoms with E-state index in [-0.39, 0.29) is 5.82 Å². The van der Waals surface area contributed by atoms with E-state index in [0.29, 0.717) is 6.54 Å². The maximum absolute atomic E-state index is 12.9. The van der Waals surface area contributed by atoms with Crippen LogP contribution < -0.4 is 10.6 Å². The monoisotopic (exact) mass is 305 g/mol. The van der Waals surface area contributed by atoms with E-state index in [9.17, 15) is 4.39 Å². The van der Waals surface area contributed by atoms with Crippen molar-refractivity contribution < 1.29 is 4.39 Å². The summed E-state index contributed by atoms with van der Waals surface area (Å²) in [4.78, 5) is 5.83. The highest BCUT2D eigenvalue weighted by molar-refractivity contribution is 7.10. The quantitative estimate of drug-likeness (QED) is 0.656. The summed E-state index contributed by atoms with van der Waals surface area (Å²) in [5.41, 5.74) is 2.28. The molecule has 0 spiro atoms. The second-order valence-electron chi connectivity index (χ2n) is 4.70. The molecule has 0 aliphatic rings. The van der Waals surface area contributed by atoms with E-state index in [0.717, 1.165) is 24.6 Å². The molecule has 5 heteroatoms. The maximum Gasteiger partial charge on any atom is 0.191 e. The molecular weight excluding hydrogens is 285 g/mol. The predicted octanol–water partition coefficient (Wildman–Crippen LogP) is 3.45. The van der Waals surface area contributed by atoms with Crippen molar-refractivity contribution in [3.63, 3.8) is 0 Å². The highest BCUT2D eigenvalue weighted by atomic mass is 32.1. The lowest BCUT2D eigenvalue weighted by molar-refractivity contribution is 0.627. The van der Waals surface area contributed by atoms with E-state index in [2.05, 4.69) is 34.0 Å². The van der Waals surface area contributed by atoms with Crippen LogP contribution in [0.3, 0.4) is 0 Å². The summed E-state index contributed by atoms with van der Waals surface area (Å²) < 4.78 is 12.9. The molecule has 0 bridgehead atoms. The van der Waals surface area contributed by atoms with Crippen molar-refractivity contribution in [2.45, 2.75) is 26.9 Å². The first-order chi connectivity index (χ1) is 10.2. The van der Waals surface area contributed by atoms with E-state index in [1.165, 1.54) is 22.6 Å². The van der Waals surface area contributed by atoms with Crippen molar-refractivity contribution in [1.82, 2.24) is 10.6 Å². The minimum atomic E-state index is -0.221. The van der Waals surface area contributed by atoms with Gasteiger partial charge in [-0.15, -0.1) is 11.3 Å². The third-order valence-electron chi connectivity index (χ3n) is 3.06. The van der Waals surface area contributed by atoms with Crippen molar-refractivity contribution in [1.29, 1.82) is 0 Å². The van der Waals surface area contributed by atoms with Gasteiger partial charge < -0.3 is 10.6 Å². The minimum absolute atomic E-state index is 0.221. The number of aryl methyl sites for hydroxylation is 1. The largest absolute Gasteiger partial charge is 0.357 e. The number of benzene rings is 1. The first-order valence-electron chi connectivity index (χ1n) is 6.98. The van der Waals surface area contributed by atoms with Crippen molar-refractivity contribution in [2.75, 3.05) is 6.54 Å². The van der Waals surface area contributed by atoms with E-state index < -0.39 is 0 Å². The Labute approximate surface area is 128 Å². The lowest BCUT2D eigenvalue weighted by Crippen LogP contribution is -2.36. The normalized spacial score (nSPS) is 11.5. The molecule has 0 fully saturated rings. The van der Waals surface area contributed by atoms with E-state index in [4.69, 9.17) is 0 Å². The van der Waals surface area contributed by atoms with Gasteiger partial charge in [-0.3, -0.25) is 0 Å². The third-order valence-corrected chi connectivity index (χ3v) is 4.08. The van der Waals surface area contributed by atoms with Gasteiger partial charge in [0, 0.05) is 11.4 Å². The molecule has 3 nitrogen and oxygen atoms in total. The summed E-state index contributed by atoms with van der Waals surface area (Å²) in [7, 11) is 0. The van der Waals surface area contributed by atoms with Gasteiger partial charge in [0.05, 0.1) is 13.1 Å². The van der Waals surface area contributed by atoms with Gasteiger partial charge in [0.15, 0.2) is 5.96 Å². The lowest BCUT2D eigenvalue weighted by atomic mass is 10.2. The molecular formula is C16H20FN3S. The van der Waals surface area contributed by atoms with E-state index in [1.54, 1.807) is 23.5 Å². The van der Waals surface area contributed by atoms with Crippen LogP contribution >= 0.6 is 11.3 Å². The second kappa shape index (κ2) is 7.78. The van der Waals surface area contributed by atoms with Gasteiger partial charge >= 0.3 is 0 Å². The van der Waals surface area contributed by atoms with Gasteiger partial charge in [-0.05, 0) is 48.6 Å². The molecule has 0 saturated carbocycles. The number of hydrogen-bond acceptors (Lipinski definition) is 2. The number of halogens is 1. The zero-order chi connectivity index (χ0) is 15.1. The number of aliphatic imine (C=N–C) groups is 1. The molecule has 0 atom stereocenters. The molecule has 2 aromatic rings. The van der Waals surface area contributed by atoms with Crippen LogP contribution in [0.5, 0.6) is 0 Å². The zero-order valence-corrected chi connectivity index (χ0v) is 13.1. The number of rotatable bonds is 5. The summed E-state index contributed by atoms with van der Waals surface area (Å²) in [6.07, 6.45) is 0. The van der Waals surface area contributed by atoms with Crippen LogP contribution in [0, 0.1) is 12.7 Å². The smallest absolute Gasteiger partial charge is 0.191 e. The molecule has 1 aromatic heterocycles. The fourth-order valence-corrected chi connectivity index (χ4v) is 2.70. The Hall–Kier alpha value is -1.88. The number of hydrogen-bond donors (Lipinski definition) is 2. The minimum Gasteiger partial charge on any atom is -0.357 e. The third kappa shape index (κ3) is 4.86. The van der Waals surface area contributed by atoms with Crippen LogP contribution in [-0.4, -0.2) is 12.5 Å². The Morgan fingerprint density at radius 3 is 2.57 bits per heavy atom. The number of thiophene rings is 1. The van der Waals surface area contributed by atoms with Gasteiger partial charge in [0.1, 0.15) is 5.82 Å².